The number of H-pyrrole nitrogens is 1. The zero-order valence-electron chi connectivity index (χ0n) is 7.94. The Kier molecular flexibility index (Phi) is 2.19. The van der Waals surface area contributed by atoms with Gasteiger partial charge in [0.15, 0.2) is 17.5 Å². The van der Waals surface area contributed by atoms with E-state index in [2.05, 4.69) is 4.98 Å². The molecule has 0 aliphatic rings. The molecule has 2 aromatic rings. The maximum atomic E-state index is 13.3. The molecule has 0 bridgehead atoms. The number of aromatic amines is 1. The van der Waals surface area contributed by atoms with Crippen LogP contribution in [0.4, 0.5) is 13.2 Å². The summed E-state index contributed by atoms with van der Waals surface area (Å²) in [6.07, 6.45) is 0. The predicted molar refractivity (Wildman–Crippen MR) is 50.8 cm³/mol. The second-order valence-corrected chi connectivity index (χ2v) is 3.46. The number of nitrogens with two attached hydrogens (primary N) is 1. The van der Waals surface area contributed by atoms with Gasteiger partial charge in [0.1, 0.15) is 0 Å². The summed E-state index contributed by atoms with van der Waals surface area (Å²) in [4.78, 5) is 2.73. The second kappa shape index (κ2) is 3.27. The fourth-order valence-corrected chi connectivity index (χ4v) is 1.45. The van der Waals surface area contributed by atoms with Crippen molar-refractivity contribution in [3.8, 4) is 0 Å². The Bertz CT molecular complexity index is 517. The van der Waals surface area contributed by atoms with Gasteiger partial charge in [0.05, 0.1) is 5.52 Å². The quantitative estimate of drug-likeness (QED) is 0.704. The van der Waals surface area contributed by atoms with Gasteiger partial charge in [-0.3, -0.25) is 0 Å². The Morgan fingerprint density at radius 2 is 1.87 bits per heavy atom. The number of benzene rings is 1. The van der Waals surface area contributed by atoms with E-state index in [0.29, 0.717) is 5.69 Å². The van der Waals surface area contributed by atoms with Gasteiger partial charge in [-0.15, -0.1) is 0 Å². The molecule has 1 heterocycles. The number of fused-ring (bicyclic) bond motifs is 1. The molecule has 2 rings (SSSR count). The summed E-state index contributed by atoms with van der Waals surface area (Å²) in [5, 5.41) is 0.0150. The molecule has 80 valence electrons. The van der Waals surface area contributed by atoms with Crippen LogP contribution in [-0.4, -0.2) is 4.98 Å². The summed E-state index contributed by atoms with van der Waals surface area (Å²) in [6.45, 7) is 1.69. The zero-order valence-corrected chi connectivity index (χ0v) is 7.94. The third-order valence-electron chi connectivity index (χ3n) is 2.27. The molecule has 3 N–H and O–H groups in total. The first-order chi connectivity index (χ1) is 7.00. The standard InChI is InChI=1S/C10H9F3N2/c1-4(14)7-2-5-8(15-7)3-6(11)10(13)9(5)12/h2-4,15H,14H2,1H3. The van der Waals surface area contributed by atoms with Gasteiger partial charge in [-0.1, -0.05) is 0 Å². The highest BCUT2D eigenvalue weighted by Gasteiger charge is 2.16. The summed E-state index contributed by atoms with van der Waals surface area (Å²) in [5.74, 6) is -3.86. The number of nitrogens with one attached hydrogen (secondary N) is 1. The van der Waals surface area contributed by atoms with Crippen LogP contribution in [0.5, 0.6) is 0 Å². The fourth-order valence-electron chi connectivity index (χ4n) is 1.45. The lowest BCUT2D eigenvalue weighted by Crippen LogP contribution is -2.04. The number of halogens is 3. The molecule has 2 nitrogen and oxygen atoms in total. The normalized spacial score (nSPS) is 13.4. The number of rotatable bonds is 1. The Morgan fingerprint density at radius 1 is 1.20 bits per heavy atom. The van der Waals surface area contributed by atoms with Gasteiger partial charge in [-0.05, 0) is 13.0 Å². The Labute approximate surface area is 83.9 Å². The maximum Gasteiger partial charge on any atom is 0.195 e. The van der Waals surface area contributed by atoms with E-state index in [1.807, 2.05) is 0 Å². The third kappa shape index (κ3) is 1.48. The topological polar surface area (TPSA) is 41.8 Å². The van der Waals surface area contributed by atoms with Gasteiger partial charge in [-0.25, -0.2) is 13.2 Å². The van der Waals surface area contributed by atoms with Crippen molar-refractivity contribution in [3.63, 3.8) is 0 Å². The lowest BCUT2D eigenvalue weighted by molar-refractivity contribution is 0.453. The van der Waals surface area contributed by atoms with Gasteiger partial charge in [0, 0.05) is 23.2 Å². The molecule has 1 aromatic carbocycles. The molecule has 5 heteroatoms. The van der Waals surface area contributed by atoms with E-state index in [9.17, 15) is 13.2 Å². The van der Waals surface area contributed by atoms with Crippen molar-refractivity contribution in [1.29, 1.82) is 0 Å². The van der Waals surface area contributed by atoms with Gasteiger partial charge >= 0.3 is 0 Å². The summed E-state index contributed by atoms with van der Waals surface area (Å²) >= 11 is 0. The first kappa shape index (κ1) is 10.0. The predicted octanol–water partition coefficient (Wildman–Crippen LogP) is 2.60. The fraction of sp³-hybridized carbons (Fsp3) is 0.200. The monoisotopic (exact) mass is 214 g/mol. The summed E-state index contributed by atoms with van der Waals surface area (Å²) in [6, 6.07) is 1.96. The molecule has 0 aliphatic carbocycles. The molecular weight excluding hydrogens is 205 g/mol. The molecule has 0 spiro atoms. The highest BCUT2D eigenvalue weighted by molar-refractivity contribution is 5.81. The van der Waals surface area contributed by atoms with Crippen LogP contribution in [0.25, 0.3) is 10.9 Å². The molecule has 0 saturated heterocycles. The molecule has 0 amide bonds. The first-order valence-electron chi connectivity index (χ1n) is 4.42. The van der Waals surface area contributed by atoms with Crippen molar-refractivity contribution in [2.45, 2.75) is 13.0 Å². The van der Waals surface area contributed by atoms with Crippen molar-refractivity contribution in [3.05, 3.63) is 35.3 Å². The number of aromatic nitrogens is 1. The summed E-state index contributed by atoms with van der Waals surface area (Å²) in [5.41, 5.74) is 6.31. The highest BCUT2D eigenvalue weighted by atomic mass is 19.2. The third-order valence-corrected chi connectivity index (χ3v) is 2.27. The van der Waals surface area contributed by atoms with Gasteiger partial charge in [-0.2, -0.15) is 0 Å². The van der Waals surface area contributed by atoms with Crippen molar-refractivity contribution < 1.29 is 13.2 Å². The number of hydrogen-bond donors (Lipinski definition) is 2. The van der Waals surface area contributed by atoms with Gasteiger partial charge < -0.3 is 10.7 Å². The minimum atomic E-state index is -1.46. The van der Waals surface area contributed by atoms with Crippen molar-refractivity contribution in [2.75, 3.05) is 0 Å². The Morgan fingerprint density at radius 3 is 2.47 bits per heavy atom. The Balaban J connectivity index is 2.76. The molecule has 1 atom stereocenters. The van der Waals surface area contributed by atoms with Crippen LogP contribution in [0.15, 0.2) is 12.1 Å². The SMILES string of the molecule is CC(N)c1cc2c(F)c(F)c(F)cc2[nH]1. The molecule has 0 aliphatic heterocycles. The lowest BCUT2D eigenvalue weighted by Gasteiger charge is -1.98. The van der Waals surface area contributed by atoms with E-state index in [1.165, 1.54) is 6.07 Å². The lowest BCUT2D eigenvalue weighted by atomic mass is 10.2. The van der Waals surface area contributed by atoms with Gasteiger partial charge in [0.25, 0.3) is 0 Å². The minimum absolute atomic E-state index is 0.0150. The van der Waals surface area contributed by atoms with Crippen LogP contribution in [-0.2, 0) is 0 Å². The van der Waals surface area contributed by atoms with E-state index >= 15 is 0 Å². The van der Waals surface area contributed by atoms with Crippen molar-refractivity contribution in [2.24, 2.45) is 5.73 Å². The van der Waals surface area contributed by atoms with E-state index < -0.39 is 17.5 Å². The summed E-state index contributed by atoms with van der Waals surface area (Å²) < 4.78 is 39.0. The summed E-state index contributed by atoms with van der Waals surface area (Å²) in [7, 11) is 0. The zero-order chi connectivity index (χ0) is 11.2. The molecule has 0 fully saturated rings. The molecule has 15 heavy (non-hydrogen) atoms. The molecule has 0 saturated carbocycles. The molecule has 1 aromatic heterocycles. The van der Waals surface area contributed by atoms with E-state index in [1.54, 1.807) is 6.92 Å². The highest BCUT2D eigenvalue weighted by Crippen LogP contribution is 2.25. The van der Waals surface area contributed by atoms with Crippen LogP contribution in [0.3, 0.4) is 0 Å². The van der Waals surface area contributed by atoms with Crippen molar-refractivity contribution >= 4 is 10.9 Å². The van der Waals surface area contributed by atoms with E-state index in [4.69, 9.17) is 5.73 Å². The second-order valence-electron chi connectivity index (χ2n) is 3.46. The van der Waals surface area contributed by atoms with E-state index in [-0.39, 0.29) is 16.9 Å². The Hall–Kier alpha value is -1.49. The molecule has 0 radical (unpaired) electrons. The first-order valence-corrected chi connectivity index (χ1v) is 4.42. The minimum Gasteiger partial charge on any atom is -0.357 e. The van der Waals surface area contributed by atoms with Crippen LogP contribution in [0.2, 0.25) is 0 Å². The number of hydrogen-bond acceptors (Lipinski definition) is 1. The smallest absolute Gasteiger partial charge is 0.195 e. The van der Waals surface area contributed by atoms with Crippen LogP contribution in [0.1, 0.15) is 18.7 Å². The molecular formula is C10H9F3N2. The maximum absolute atomic E-state index is 13.3. The largest absolute Gasteiger partial charge is 0.357 e. The average Bonchev–Trinajstić information content (AvgIpc) is 2.58. The average molecular weight is 214 g/mol. The van der Waals surface area contributed by atoms with Crippen molar-refractivity contribution in [1.82, 2.24) is 4.98 Å². The van der Waals surface area contributed by atoms with Crippen LogP contribution >= 0.6 is 0 Å². The molecule has 1 unspecified atom stereocenters. The van der Waals surface area contributed by atoms with Crippen LogP contribution in [0, 0.1) is 17.5 Å². The van der Waals surface area contributed by atoms with Crippen LogP contribution < -0.4 is 5.73 Å². The van der Waals surface area contributed by atoms with Gasteiger partial charge in [0.2, 0.25) is 0 Å². The van der Waals surface area contributed by atoms with E-state index in [0.717, 1.165) is 6.07 Å².